The van der Waals surface area contributed by atoms with Crippen molar-refractivity contribution in [3.8, 4) is 0 Å². The minimum absolute atomic E-state index is 0.0252. The SMILES string of the molecule is Cc1ccc2[nH]c(=O)c(CN(C3CCCC3)S(=O)(=O)c3ccccc3Cl)cc2c1. The van der Waals surface area contributed by atoms with Crippen molar-refractivity contribution in [3.63, 3.8) is 0 Å². The Morgan fingerprint density at radius 2 is 1.83 bits per heavy atom. The first-order valence-corrected chi connectivity index (χ1v) is 11.6. The van der Waals surface area contributed by atoms with Crippen molar-refractivity contribution in [3.05, 3.63) is 75.0 Å². The zero-order chi connectivity index (χ0) is 20.6. The van der Waals surface area contributed by atoms with E-state index in [1.54, 1.807) is 24.3 Å². The molecule has 1 N–H and O–H groups in total. The van der Waals surface area contributed by atoms with Crippen molar-refractivity contribution in [2.75, 3.05) is 0 Å². The summed E-state index contributed by atoms with van der Waals surface area (Å²) in [5.74, 6) is 0. The number of aromatic nitrogens is 1. The standard InChI is InChI=1S/C22H23ClN2O3S/c1-15-10-11-20-16(12-15)13-17(22(26)24-20)14-25(18-6-2-3-7-18)29(27,28)21-9-5-4-8-19(21)23/h4-5,8-13,18H,2-3,6-7,14H2,1H3,(H,24,26). The Morgan fingerprint density at radius 1 is 1.10 bits per heavy atom. The van der Waals surface area contributed by atoms with E-state index in [1.165, 1.54) is 10.4 Å². The number of hydrogen-bond acceptors (Lipinski definition) is 3. The number of nitrogens with zero attached hydrogens (tertiary/aromatic N) is 1. The normalized spacial score (nSPS) is 15.4. The van der Waals surface area contributed by atoms with Crippen LogP contribution in [0.2, 0.25) is 5.02 Å². The number of nitrogens with one attached hydrogen (secondary N) is 1. The number of fused-ring (bicyclic) bond motifs is 1. The molecule has 1 fully saturated rings. The van der Waals surface area contributed by atoms with Gasteiger partial charge in [-0.3, -0.25) is 4.79 Å². The van der Waals surface area contributed by atoms with Crippen molar-refractivity contribution in [1.29, 1.82) is 0 Å². The topological polar surface area (TPSA) is 70.2 Å². The van der Waals surface area contributed by atoms with E-state index >= 15 is 0 Å². The Morgan fingerprint density at radius 3 is 2.55 bits per heavy atom. The molecule has 1 aliphatic carbocycles. The Hall–Kier alpha value is -2.15. The van der Waals surface area contributed by atoms with Crippen LogP contribution < -0.4 is 5.56 Å². The molecule has 0 spiro atoms. The second kappa shape index (κ2) is 7.94. The number of halogens is 1. The summed E-state index contributed by atoms with van der Waals surface area (Å²) >= 11 is 6.22. The molecule has 1 aromatic heterocycles. The quantitative estimate of drug-likeness (QED) is 0.641. The van der Waals surface area contributed by atoms with E-state index < -0.39 is 10.0 Å². The zero-order valence-corrected chi connectivity index (χ0v) is 17.8. The number of H-pyrrole nitrogens is 1. The van der Waals surface area contributed by atoms with Gasteiger partial charge >= 0.3 is 0 Å². The third-order valence-electron chi connectivity index (χ3n) is 5.56. The van der Waals surface area contributed by atoms with Gasteiger partial charge in [0, 0.05) is 23.7 Å². The third kappa shape index (κ3) is 3.97. The largest absolute Gasteiger partial charge is 0.322 e. The average Bonchev–Trinajstić information content (AvgIpc) is 3.21. The van der Waals surface area contributed by atoms with Gasteiger partial charge in [0.2, 0.25) is 10.0 Å². The molecular formula is C22H23ClN2O3S. The number of aromatic amines is 1. The minimum Gasteiger partial charge on any atom is -0.322 e. The highest BCUT2D eigenvalue weighted by atomic mass is 35.5. The van der Waals surface area contributed by atoms with Crippen molar-refractivity contribution in [1.82, 2.24) is 9.29 Å². The lowest BCUT2D eigenvalue weighted by atomic mass is 10.1. The summed E-state index contributed by atoms with van der Waals surface area (Å²) in [5, 5.41) is 1.08. The second-order valence-corrected chi connectivity index (χ2v) is 9.90. The summed E-state index contributed by atoms with van der Waals surface area (Å²) in [6.45, 7) is 2.01. The summed E-state index contributed by atoms with van der Waals surface area (Å²) < 4.78 is 28.5. The Kier molecular flexibility index (Phi) is 5.51. The van der Waals surface area contributed by atoms with E-state index in [2.05, 4.69) is 4.98 Å². The monoisotopic (exact) mass is 430 g/mol. The van der Waals surface area contributed by atoms with Crippen molar-refractivity contribution in [2.45, 2.75) is 50.1 Å². The molecule has 0 saturated heterocycles. The number of benzene rings is 2. The van der Waals surface area contributed by atoms with Gasteiger partial charge in [-0.15, -0.1) is 0 Å². The lowest BCUT2D eigenvalue weighted by Gasteiger charge is -2.28. The molecule has 0 radical (unpaired) electrons. The van der Waals surface area contributed by atoms with Crippen LogP contribution in [0.1, 0.15) is 36.8 Å². The summed E-state index contributed by atoms with van der Waals surface area (Å²) in [6, 6.07) is 13.9. The second-order valence-electron chi connectivity index (χ2n) is 7.63. The lowest BCUT2D eigenvalue weighted by Crippen LogP contribution is -2.39. The molecular weight excluding hydrogens is 408 g/mol. The molecule has 0 bridgehead atoms. The van der Waals surface area contributed by atoms with Gasteiger partial charge in [-0.2, -0.15) is 4.31 Å². The highest BCUT2D eigenvalue weighted by Gasteiger charge is 2.35. The van der Waals surface area contributed by atoms with Crippen LogP contribution in [-0.2, 0) is 16.6 Å². The predicted octanol–water partition coefficient (Wildman–Crippen LogP) is 4.62. The van der Waals surface area contributed by atoms with Crippen LogP contribution in [-0.4, -0.2) is 23.7 Å². The van der Waals surface area contributed by atoms with Gasteiger partial charge in [0.25, 0.3) is 5.56 Å². The van der Waals surface area contributed by atoms with Crippen LogP contribution in [0.5, 0.6) is 0 Å². The van der Waals surface area contributed by atoms with Gasteiger partial charge in [-0.1, -0.05) is 48.2 Å². The minimum atomic E-state index is -3.84. The van der Waals surface area contributed by atoms with E-state index in [-0.39, 0.29) is 28.1 Å². The molecule has 2 aromatic carbocycles. The molecule has 7 heteroatoms. The maximum atomic E-state index is 13.5. The Bertz CT molecular complexity index is 1210. The van der Waals surface area contributed by atoms with Crippen LogP contribution in [0.15, 0.2) is 58.2 Å². The highest BCUT2D eigenvalue weighted by molar-refractivity contribution is 7.89. The third-order valence-corrected chi connectivity index (χ3v) is 7.96. The first-order chi connectivity index (χ1) is 13.9. The molecule has 5 nitrogen and oxygen atoms in total. The molecule has 152 valence electrons. The van der Waals surface area contributed by atoms with Gasteiger partial charge in [0.1, 0.15) is 4.90 Å². The van der Waals surface area contributed by atoms with E-state index in [4.69, 9.17) is 11.6 Å². The van der Waals surface area contributed by atoms with Gasteiger partial charge in [-0.25, -0.2) is 8.42 Å². The lowest BCUT2D eigenvalue weighted by molar-refractivity contribution is 0.315. The van der Waals surface area contributed by atoms with Crippen molar-refractivity contribution < 1.29 is 8.42 Å². The fourth-order valence-electron chi connectivity index (χ4n) is 4.04. The maximum Gasteiger partial charge on any atom is 0.252 e. The molecule has 0 atom stereocenters. The predicted molar refractivity (Wildman–Crippen MR) is 116 cm³/mol. The summed E-state index contributed by atoms with van der Waals surface area (Å²) in [7, 11) is -3.84. The number of rotatable bonds is 5. The van der Waals surface area contributed by atoms with Gasteiger partial charge < -0.3 is 4.98 Å². The number of aryl methyl sites for hydroxylation is 1. The number of hydrogen-bond donors (Lipinski definition) is 1. The number of sulfonamides is 1. The van der Waals surface area contributed by atoms with Gasteiger partial charge in [0.15, 0.2) is 0 Å². The van der Waals surface area contributed by atoms with E-state index in [9.17, 15) is 13.2 Å². The molecule has 1 saturated carbocycles. The Balaban J connectivity index is 1.79. The van der Waals surface area contributed by atoms with E-state index in [0.29, 0.717) is 5.56 Å². The molecule has 1 heterocycles. The highest BCUT2D eigenvalue weighted by Crippen LogP contribution is 2.32. The van der Waals surface area contributed by atoms with Crippen molar-refractivity contribution >= 4 is 32.5 Å². The maximum absolute atomic E-state index is 13.5. The smallest absolute Gasteiger partial charge is 0.252 e. The first-order valence-electron chi connectivity index (χ1n) is 9.75. The van der Waals surface area contributed by atoms with Crippen LogP contribution >= 0.6 is 11.6 Å². The summed E-state index contributed by atoms with van der Waals surface area (Å²) in [5.41, 5.74) is 1.99. The van der Waals surface area contributed by atoms with E-state index in [0.717, 1.165) is 42.1 Å². The fraction of sp³-hybridized carbons (Fsp3) is 0.318. The Labute approximate surface area is 175 Å². The molecule has 29 heavy (non-hydrogen) atoms. The van der Waals surface area contributed by atoms with Crippen LogP contribution in [0.4, 0.5) is 0 Å². The zero-order valence-electron chi connectivity index (χ0n) is 16.2. The molecule has 0 unspecified atom stereocenters. The molecule has 0 amide bonds. The van der Waals surface area contributed by atoms with Crippen LogP contribution in [0, 0.1) is 6.92 Å². The van der Waals surface area contributed by atoms with Crippen molar-refractivity contribution in [2.24, 2.45) is 0 Å². The average molecular weight is 431 g/mol. The number of pyridine rings is 1. The molecule has 4 rings (SSSR count). The first kappa shape index (κ1) is 20.1. The molecule has 1 aliphatic rings. The molecule has 0 aliphatic heterocycles. The van der Waals surface area contributed by atoms with Gasteiger partial charge in [0.05, 0.1) is 5.02 Å². The molecule has 3 aromatic rings. The van der Waals surface area contributed by atoms with E-state index in [1.807, 2.05) is 25.1 Å². The summed E-state index contributed by atoms with van der Waals surface area (Å²) in [6.07, 6.45) is 3.53. The van der Waals surface area contributed by atoms with Crippen LogP contribution in [0.3, 0.4) is 0 Å². The van der Waals surface area contributed by atoms with Crippen LogP contribution in [0.25, 0.3) is 10.9 Å². The summed E-state index contributed by atoms with van der Waals surface area (Å²) in [4.78, 5) is 15.7. The van der Waals surface area contributed by atoms with Gasteiger partial charge in [-0.05, 0) is 55.5 Å². The fourth-order valence-corrected chi connectivity index (χ4v) is 6.20.